The van der Waals surface area contributed by atoms with Crippen LogP contribution in [-0.2, 0) is 11.2 Å². The number of carbonyl (C=O) groups is 1. The molecule has 2 heterocycles. The summed E-state index contributed by atoms with van der Waals surface area (Å²) in [7, 11) is 0. The van der Waals surface area contributed by atoms with E-state index in [1.54, 1.807) is 17.1 Å². The van der Waals surface area contributed by atoms with Gasteiger partial charge in [0.1, 0.15) is 23.6 Å². The summed E-state index contributed by atoms with van der Waals surface area (Å²) >= 11 is 0. The molecule has 5 rings (SSSR count). The van der Waals surface area contributed by atoms with Crippen molar-refractivity contribution in [1.29, 1.82) is 0 Å². The Morgan fingerprint density at radius 1 is 1.12 bits per heavy atom. The molecule has 0 saturated heterocycles. The van der Waals surface area contributed by atoms with E-state index in [2.05, 4.69) is 21.8 Å². The Balaban J connectivity index is 1.70. The normalized spacial score (nSPS) is 13.9. The Morgan fingerprint density at radius 2 is 1.91 bits per heavy atom. The highest BCUT2D eigenvalue weighted by Gasteiger charge is 2.27. The maximum Gasteiger partial charge on any atom is 0.268 e. The Labute approximate surface area is 185 Å². The van der Waals surface area contributed by atoms with Crippen molar-refractivity contribution in [2.45, 2.75) is 25.3 Å². The fraction of sp³-hybridized carbons (Fsp3) is 0.200. The van der Waals surface area contributed by atoms with Crippen LogP contribution >= 0.6 is 0 Å². The fourth-order valence-corrected chi connectivity index (χ4v) is 3.74. The largest absolute Gasteiger partial charge is 0.289 e. The van der Waals surface area contributed by atoms with Crippen LogP contribution < -0.4 is 5.48 Å². The van der Waals surface area contributed by atoms with Gasteiger partial charge in [0.15, 0.2) is 0 Å². The molecule has 1 atom stereocenters. The molecule has 1 aliphatic carbocycles. The predicted molar refractivity (Wildman–Crippen MR) is 119 cm³/mol. The molecule has 7 heteroatoms. The third-order valence-electron chi connectivity index (χ3n) is 5.55. The SMILES string of the molecule is O=C(NO)C(Cc1ccccc1)n1nc2c(-c3cncnc3)cccc2c1C#CC1CC1. The second-order valence-electron chi connectivity index (χ2n) is 7.85. The average Bonchev–Trinajstić information content (AvgIpc) is 3.61. The number of nitrogens with zero attached hydrogens (tertiary/aromatic N) is 4. The molecule has 2 aromatic carbocycles. The van der Waals surface area contributed by atoms with E-state index in [0.29, 0.717) is 23.5 Å². The van der Waals surface area contributed by atoms with Crippen molar-refractivity contribution in [2.75, 3.05) is 0 Å². The van der Waals surface area contributed by atoms with E-state index in [1.165, 1.54) is 6.33 Å². The molecule has 1 unspecified atom stereocenters. The molecule has 158 valence electrons. The monoisotopic (exact) mass is 423 g/mol. The number of carbonyl (C=O) groups excluding carboxylic acids is 1. The second-order valence-corrected chi connectivity index (χ2v) is 7.85. The van der Waals surface area contributed by atoms with Crippen LogP contribution in [0.3, 0.4) is 0 Å². The molecule has 7 nitrogen and oxygen atoms in total. The van der Waals surface area contributed by atoms with Crippen LogP contribution in [0.2, 0.25) is 0 Å². The fourth-order valence-electron chi connectivity index (χ4n) is 3.74. The molecule has 0 radical (unpaired) electrons. The first-order valence-electron chi connectivity index (χ1n) is 10.5. The van der Waals surface area contributed by atoms with Gasteiger partial charge in [0, 0.05) is 41.2 Å². The van der Waals surface area contributed by atoms with Gasteiger partial charge in [0.25, 0.3) is 5.91 Å². The number of fused-ring (bicyclic) bond motifs is 1. The summed E-state index contributed by atoms with van der Waals surface area (Å²) < 4.78 is 1.64. The van der Waals surface area contributed by atoms with Crippen molar-refractivity contribution >= 4 is 16.8 Å². The molecule has 2 aromatic heterocycles. The first kappa shape index (κ1) is 19.9. The highest BCUT2D eigenvalue weighted by Crippen LogP contribution is 2.32. The number of amides is 1. The molecule has 0 aliphatic heterocycles. The topological polar surface area (TPSA) is 92.9 Å². The van der Waals surface area contributed by atoms with E-state index in [4.69, 9.17) is 5.10 Å². The van der Waals surface area contributed by atoms with E-state index in [0.717, 1.165) is 34.9 Å². The number of benzene rings is 2. The first-order chi connectivity index (χ1) is 15.7. The molecule has 0 spiro atoms. The van der Waals surface area contributed by atoms with Crippen molar-refractivity contribution in [1.82, 2.24) is 25.2 Å². The van der Waals surface area contributed by atoms with Crippen LogP contribution in [0.5, 0.6) is 0 Å². The van der Waals surface area contributed by atoms with Gasteiger partial charge in [0.05, 0.1) is 0 Å². The predicted octanol–water partition coefficient (Wildman–Crippen LogP) is 3.54. The Bertz CT molecular complexity index is 1320. The molecule has 2 N–H and O–H groups in total. The van der Waals surface area contributed by atoms with Crippen LogP contribution in [0.15, 0.2) is 67.3 Å². The molecule has 32 heavy (non-hydrogen) atoms. The molecular weight excluding hydrogens is 402 g/mol. The average molecular weight is 423 g/mol. The zero-order valence-corrected chi connectivity index (χ0v) is 17.3. The molecule has 1 amide bonds. The summed E-state index contributed by atoms with van der Waals surface area (Å²) in [4.78, 5) is 21.0. The van der Waals surface area contributed by atoms with Crippen LogP contribution in [0.25, 0.3) is 22.0 Å². The lowest BCUT2D eigenvalue weighted by molar-refractivity contribution is -0.132. The van der Waals surface area contributed by atoms with Crippen molar-refractivity contribution in [2.24, 2.45) is 5.92 Å². The Kier molecular flexibility index (Phi) is 5.36. The van der Waals surface area contributed by atoms with Crippen LogP contribution in [0, 0.1) is 17.8 Å². The molecule has 1 saturated carbocycles. The van der Waals surface area contributed by atoms with Crippen LogP contribution in [0.4, 0.5) is 0 Å². The van der Waals surface area contributed by atoms with E-state index in [-0.39, 0.29) is 0 Å². The minimum Gasteiger partial charge on any atom is -0.289 e. The van der Waals surface area contributed by atoms with Crippen molar-refractivity contribution < 1.29 is 10.0 Å². The molecule has 4 aromatic rings. The van der Waals surface area contributed by atoms with Gasteiger partial charge in [0.2, 0.25) is 0 Å². The third-order valence-corrected chi connectivity index (χ3v) is 5.55. The van der Waals surface area contributed by atoms with E-state index < -0.39 is 11.9 Å². The second kappa shape index (κ2) is 8.61. The van der Waals surface area contributed by atoms with Gasteiger partial charge in [-0.05, 0) is 30.4 Å². The molecule has 1 fully saturated rings. The van der Waals surface area contributed by atoms with Gasteiger partial charge in [-0.3, -0.25) is 10.0 Å². The lowest BCUT2D eigenvalue weighted by Gasteiger charge is -2.17. The van der Waals surface area contributed by atoms with Crippen molar-refractivity contribution in [3.63, 3.8) is 0 Å². The quantitative estimate of drug-likeness (QED) is 0.291. The van der Waals surface area contributed by atoms with Crippen molar-refractivity contribution in [3.8, 4) is 23.0 Å². The number of rotatable bonds is 5. The number of nitrogens with one attached hydrogen (secondary N) is 1. The van der Waals surface area contributed by atoms with Gasteiger partial charge in [-0.1, -0.05) is 48.4 Å². The summed E-state index contributed by atoms with van der Waals surface area (Å²) in [6.45, 7) is 0. The Morgan fingerprint density at radius 3 is 2.62 bits per heavy atom. The highest BCUT2D eigenvalue weighted by molar-refractivity contribution is 5.96. The standard InChI is InChI=1S/C25H21N5O2/c31-25(29-32)23(13-18-5-2-1-3-6-18)30-22(12-11-17-9-10-17)21-8-4-7-20(24(21)28-30)19-14-26-16-27-15-19/h1-8,14-17,23,32H,9-10,13H2,(H,29,31). The molecule has 0 bridgehead atoms. The Hall–Kier alpha value is -4.02. The highest BCUT2D eigenvalue weighted by atomic mass is 16.5. The minimum atomic E-state index is -0.766. The molecule has 1 aliphatic rings. The zero-order valence-electron chi connectivity index (χ0n) is 17.3. The van der Waals surface area contributed by atoms with Gasteiger partial charge in [-0.2, -0.15) is 5.10 Å². The van der Waals surface area contributed by atoms with E-state index >= 15 is 0 Å². The summed E-state index contributed by atoms with van der Waals surface area (Å²) in [6, 6.07) is 14.7. The lowest BCUT2D eigenvalue weighted by atomic mass is 10.0. The van der Waals surface area contributed by atoms with Crippen LogP contribution in [-0.4, -0.2) is 30.9 Å². The minimum absolute atomic E-state index is 0.364. The van der Waals surface area contributed by atoms with Gasteiger partial charge >= 0.3 is 0 Å². The summed E-state index contributed by atoms with van der Waals surface area (Å²) in [6.07, 6.45) is 7.50. The summed E-state index contributed by atoms with van der Waals surface area (Å²) in [5.41, 5.74) is 5.83. The number of hydrogen-bond acceptors (Lipinski definition) is 5. The van der Waals surface area contributed by atoms with Crippen molar-refractivity contribution in [3.05, 3.63) is 78.5 Å². The van der Waals surface area contributed by atoms with Crippen LogP contribution in [0.1, 0.15) is 30.1 Å². The molecular formula is C25H21N5O2. The smallest absolute Gasteiger partial charge is 0.268 e. The summed E-state index contributed by atoms with van der Waals surface area (Å²) in [5.74, 6) is 6.42. The maximum atomic E-state index is 12.8. The number of hydroxylamine groups is 1. The van der Waals surface area contributed by atoms with Gasteiger partial charge < -0.3 is 0 Å². The maximum absolute atomic E-state index is 12.8. The van der Waals surface area contributed by atoms with E-state index in [1.807, 2.05) is 54.0 Å². The third kappa shape index (κ3) is 3.96. The number of hydrogen-bond donors (Lipinski definition) is 2. The zero-order chi connectivity index (χ0) is 21.9. The first-order valence-corrected chi connectivity index (χ1v) is 10.5. The number of aromatic nitrogens is 4. The van der Waals surface area contributed by atoms with Gasteiger partial charge in [-0.25, -0.2) is 20.1 Å². The van der Waals surface area contributed by atoms with E-state index in [9.17, 15) is 10.0 Å². The lowest BCUT2D eigenvalue weighted by Crippen LogP contribution is -2.33. The summed E-state index contributed by atoms with van der Waals surface area (Å²) in [5, 5.41) is 15.2. The van der Waals surface area contributed by atoms with Gasteiger partial charge in [-0.15, -0.1) is 0 Å².